The van der Waals surface area contributed by atoms with Crippen molar-refractivity contribution in [3.63, 3.8) is 0 Å². The molecule has 1 aliphatic carbocycles. The molecule has 2 N–H and O–H groups in total. The van der Waals surface area contributed by atoms with Crippen LogP contribution in [0.5, 0.6) is 0 Å². The first kappa shape index (κ1) is 16.2. The first-order valence-corrected chi connectivity index (χ1v) is 7.19. The van der Waals surface area contributed by atoms with Crippen LogP contribution in [-0.4, -0.2) is 18.5 Å². The third kappa shape index (κ3) is 3.56. The number of carbonyl (C=O) groups excluding carboxylic acids is 1. The summed E-state index contributed by atoms with van der Waals surface area (Å²) < 4.78 is 0. The van der Waals surface area contributed by atoms with Crippen molar-refractivity contribution in [2.24, 2.45) is 10.7 Å². The summed E-state index contributed by atoms with van der Waals surface area (Å²) >= 11 is 0. The van der Waals surface area contributed by atoms with Crippen molar-refractivity contribution in [3.05, 3.63) is 46.7 Å². The highest BCUT2D eigenvalue weighted by Crippen LogP contribution is 2.22. The van der Waals surface area contributed by atoms with E-state index in [1.165, 1.54) is 5.56 Å². The van der Waals surface area contributed by atoms with Crippen LogP contribution in [0.15, 0.2) is 40.5 Å². The summed E-state index contributed by atoms with van der Waals surface area (Å²) in [6, 6.07) is 8.01. The van der Waals surface area contributed by atoms with Gasteiger partial charge in [-0.1, -0.05) is 43.7 Å². The van der Waals surface area contributed by atoms with Gasteiger partial charge in [0, 0.05) is 24.7 Å². The topological polar surface area (TPSA) is 55.4 Å². The Morgan fingerprint density at radius 2 is 1.75 bits per heavy atom. The number of allylic oxidation sites excluding steroid dienone is 2. The molecule has 3 heteroatoms. The zero-order valence-electron chi connectivity index (χ0n) is 12.9. The predicted octanol–water partition coefficient (Wildman–Crippen LogP) is 3.41. The van der Waals surface area contributed by atoms with Gasteiger partial charge in [0.05, 0.1) is 11.3 Å². The zero-order chi connectivity index (χ0) is 15.1. The number of aryl methyl sites for hydroxylation is 1. The average molecular weight is 272 g/mol. The van der Waals surface area contributed by atoms with Crippen LogP contribution in [0.1, 0.15) is 44.2 Å². The Bertz CT molecular complexity index is 524. The SMILES string of the molecule is CC.CN=C(C1=C(N)CCCC1=O)c1ccc(C)cc1. The van der Waals surface area contributed by atoms with Gasteiger partial charge in [-0.3, -0.25) is 9.79 Å². The van der Waals surface area contributed by atoms with Crippen molar-refractivity contribution < 1.29 is 4.79 Å². The second-order valence-electron chi connectivity index (χ2n) is 4.62. The maximum absolute atomic E-state index is 12.0. The largest absolute Gasteiger partial charge is 0.401 e. The molecule has 1 aromatic carbocycles. The van der Waals surface area contributed by atoms with Gasteiger partial charge in [0.1, 0.15) is 0 Å². The van der Waals surface area contributed by atoms with Gasteiger partial charge >= 0.3 is 0 Å². The van der Waals surface area contributed by atoms with Crippen molar-refractivity contribution in [3.8, 4) is 0 Å². The first-order chi connectivity index (χ1) is 9.63. The van der Waals surface area contributed by atoms with E-state index in [0.29, 0.717) is 17.7 Å². The number of nitrogens with two attached hydrogens (primary N) is 1. The summed E-state index contributed by atoms with van der Waals surface area (Å²) in [5.41, 5.74) is 10.1. The van der Waals surface area contributed by atoms with Gasteiger partial charge in [0.25, 0.3) is 0 Å². The summed E-state index contributed by atoms with van der Waals surface area (Å²) in [5.74, 6) is 0.111. The second-order valence-corrected chi connectivity index (χ2v) is 4.62. The molecular formula is C17H24N2O. The third-order valence-electron chi connectivity index (χ3n) is 3.24. The fraction of sp³-hybridized carbons (Fsp3) is 0.412. The number of hydrogen-bond donors (Lipinski definition) is 1. The number of ketones is 1. The Kier molecular flexibility index (Phi) is 6.16. The van der Waals surface area contributed by atoms with Gasteiger partial charge in [-0.2, -0.15) is 0 Å². The fourth-order valence-corrected chi connectivity index (χ4v) is 2.25. The summed E-state index contributed by atoms with van der Waals surface area (Å²) in [7, 11) is 1.71. The molecule has 0 heterocycles. The van der Waals surface area contributed by atoms with Crippen LogP contribution in [-0.2, 0) is 4.79 Å². The molecule has 1 aliphatic rings. The second kappa shape index (κ2) is 7.63. The molecule has 0 saturated heterocycles. The molecular weight excluding hydrogens is 248 g/mol. The van der Waals surface area contributed by atoms with E-state index in [-0.39, 0.29) is 5.78 Å². The van der Waals surface area contributed by atoms with Crippen molar-refractivity contribution in [2.45, 2.75) is 40.0 Å². The smallest absolute Gasteiger partial charge is 0.166 e. The Balaban J connectivity index is 0.000000956. The predicted molar refractivity (Wildman–Crippen MR) is 85.1 cm³/mol. The molecule has 0 radical (unpaired) electrons. The Morgan fingerprint density at radius 1 is 1.15 bits per heavy atom. The van der Waals surface area contributed by atoms with E-state index < -0.39 is 0 Å². The molecule has 0 aromatic heterocycles. The van der Waals surface area contributed by atoms with Crippen LogP contribution in [0, 0.1) is 6.92 Å². The quantitative estimate of drug-likeness (QED) is 0.839. The van der Waals surface area contributed by atoms with E-state index in [1.54, 1.807) is 7.05 Å². The van der Waals surface area contributed by atoms with Gasteiger partial charge in [-0.05, 0) is 19.8 Å². The van der Waals surface area contributed by atoms with E-state index in [4.69, 9.17) is 5.73 Å². The van der Waals surface area contributed by atoms with E-state index >= 15 is 0 Å². The molecule has 0 atom stereocenters. The van der Waals surface area contributed by atoms with Crippen LogP contribution in [0.25, 0.3) is 0 Å². The van der Waals surface area contributed by atoms with Gasteiger partial charge < -0.3 is 5.73 Å². The highest BCUT2D eigenvalue weighted by atomic mass is 16.1. The number of Topliss-reactive ketones (excluding diaryl/α,β-unsaturated/α-hetero) is 1. The average Bonchev–Trinajstić information content (AvgIpc) is 2.46. The molecule has 3 nitrogen and oxygen atoms in total. The zero-order valence-corrected chi connectivity index (χ0v) is 12.9. The molecule has 0 unspecified atom stereocenters. The van der Waals surface area contributed by atoms with E-state index in [9.17, 15) is 4.79 Å². The van der Waals surface area contributed by atoms with E-state index in [0.717, 1.165) is 24.1 Å². The Hall–Kier alpha value is -1.90. The number of benzene rings is 1. The number of rotatable bonds is 2. The fourth-order valence-electron chi connectivity index (χ4n) is 2.25. The van der Waals surface area contributed by atoms with Crippen LogP contribution < -0.4 is 5.73 Å². The van der Waals surface area contributed by atoms with Crippen LogP contribution >= 0.6 is 0 Å². The third-order valence-corrected chi connectivity index (χ3v) is 3.24. The molecule has 2 rings (SSSR count). The molecule has 0 aliphatic heterocycles. The molecule has 108 valence electrons. The lowest BCUT2D eigenvalue weighted by molar-refractivity contribution is -0.115. The standard InChI is InChI=1S/C15H18N2O.C2H6/c1-10-6-8-11(9-7-10)15(17-2)14-12(16)4-3-5-13(14)18;1-2/h6-9H,3-5,16H2,1-2H3;1-2H3. The number of aliphatic imine (C=N–C) groups is 1. The Morgan fingerprint density at radius 3 is 2.25 bits per heavy atom. The number of nitrogens with zero attached hydrogens (tertiary/aromatic N) is 1. The maximum Gasteiger partial charge on any atom is 0.166 e. The van der Waals surface area contributed by atoms with Gasteiger partial charge in [0.2, 0.25) is 0 Å². The Labute approximate surface area is 121 Å². The lowest BCUT2D eigenvalue weighted by atomic mass is 9.89. The highest BCUT2D eigenvalue weighted by Gasteiger charge is 2.23. The van der Waals surface area contributed by atoms with Crippen molar-refractivity contribution in [2.75, 3.05) is 7.05 Å². The van der Waals surface area contributed by atoms with Gasteiger partial charge in [-0.15, -0.1) is 0 Å². The van der Waals surface area contributed by atoms with Gasteiger partial charge in [-0.25, -0.2) is 0 Å². The molecule has 0 fully saturated rings. The highest BCUT2D eigenvalue weighted by molar-refractivity contribution is 6.29. The van der Waals surface area contributed by atoms with Gasteiger partial charge in [0.15, 0.2) is 5.78 Å². The molecule has 1 aromatic rings. The molecule has 20 heavy (non-hydrogen) atoms. The number of carbonyl (C=O) groups is 1. The molecule has 0 spiro atoms. The summed E-state index contributed by atoms with van der Waals surface area (Å²) in [4.78, 5) is 16.3. The van der Waals surface area contributed by atoms with E-state index in [2.05, 4.69) is 4.99 Å². The lowest BCUT2D eigenvalue weighted by Gasteiger charge is -2.18. The molecule has 0 bridgehead atoms. The van der Waals surface area contributed by atoms with Crippen molar-refractivity contribution in [1.82, 2.24) is 0 Å². The summed E-state index contributed by atoms with van der Waals surface area (Å²) in [5, 5.41) is 0. The van der Waals surface area contributed by atoms with Crippen LogP contribution in [0.3, 0.4) is 0 Å². The minimum atomic E-state index is 0.111. The maximum atomic E-state index is 12.0. The minimum absolute atomic E-state index is 0.111. The van der Waals surface area contributed by atoms with Crippen molar-refractivity contribution >= 4 is 11.5 Å². The molecule has 0 saturated carbocycles. The van der Waals surface area contributed by atoms with Crippen LogP contribution in [0.2, 0.25) is 0 Å². The normalized spacial score (nSPS) is 15.8. The van der Waals surface area contributed by atoms with Crippen LogP contribution in [0.4, 0.5) is 0 Å². The van der Waals surface area contributed by atoms with Crippen molar-refractivity contribution in [1.29, 1.82) is 0 Å². The monoisotopic (exact) mass is 272 g/mol. The summed E-state index contributed by atoms with van der Waals surface area (Å²) in [6.07, 6.45) is 2.20. The molecule has 0 amide bonds. The van der Waals surface area contributed by atoms with E-state index in [1.807, 2.05) is 45.0 Å². The minimum Gasteiger partial charge on any atom is -0.401 e. The lowest BCUT2D eigenvalue weighted by Crippen LogP contribution is -2.23. The number of hydrogen-bond acceptors (Lipinski definition) is 3. The summed E-state index contributed by atoms with van der Waals surface area (Å²) in [6.45, 7) is 6.03. The first-order valence-electron chi connectivity index (χ1n) is 7.19.